The number of nitrogens with one attached hydrogen (secondary N) is 1. The first-order chi connectivity index (χ1) is 15.2. The van der Waals surface area contributed by atoms with E-state index in [1.54, 1.807) is 24.3 Å². The van der Waals surface area contributed by atoms with Gasteiger partial charge in [0.2, 0.25) is 0 Å². The lowest BCUT2D eigenvalue weighted by Crippen LogP contribution is -2.34. The molecule has 5 nitrogen and oxygen atoms in total. The number of nitrogens with zero attached hydrogens (tertiary/aromatic N) is 3. The Morgan fingerprint density at radius 3 is 2.28 bits per heavy atom. The third-order valence-electron chi connectivity index (χ3n) is 4.84. The van der Waals surface area contributed by atoms with Gasteiger partial charge >= 0.3 is 0 Å². The van der Waals surface area contributed by atoms with Crippen LogP contribution in [0.15, 0.2) is 41.6 Å². The number of halogens is 4. The number of hydrogen-bond donors (Lipinski definition) is 1. The molecule has 2 aromatic carbocycles. The molecule has 0 aliphatic heterocycles. The summed E-state index contributed by atoms with van der Waals surface area (Å²) in [6, 6.07) is 9.88. The van der Waals surface area contributed by atoms with Crippen molar-refractivity contribution in [2.45, 2.75) is 44.3 Å². The van der Waals surface area contributed by atoms with Crippen molar-refractivity contribution >= 4 is 64.1 Å². The van der Waals surface area contributed by atoms with Crippen LogP contribution in [0.4, 0.5) is 0 Å². The van der Waals surface area contributed by atoms with Crippen LogP contribution in [0.5, 0.6) is 0 Å². The second-order valence-corrected chi connectivity index (χ2v) is 10.1. The van der Waals surface area contributed by atoms with Gasteiger partial charge in [0.05, 0.1) is 16.6 Å². The fraction of sp³-hybridized carbons (Fsp3) is 0.318. The van der Waals surface area contributed by atoms with Crippen LogP contribution in [-0.4, -0.2) is 20.7 Å². The normalized spacial score (nSPS) is 12.2. The number of carbonyl (C=O) groups excluding carboxylic acids is 1. The van der Waals surface area contributed by atoms with Gasteiger partial charge in [-0.15, -0.1) is 10.2 Å². The zero-order chi connectivity index (χ0) is 23.4. The summed E-state index contributed by atoms with van der Waals surface area (Å²) in [5.74, 6) is 1.08. The highest BCUT2D eigenvalue weighted by atomic mass is 35.5. The summed E-state index contributed by atoms with van der Waals surface area (Å²) >= 11 is 26.0. The Kier molecular flexibility index (Phi) is 8.75. The molecular weight excluding hydrogens is 510 g/mol. The number of hydrogen-bond acceptors (Lipinski definition) is 4. The summed E-state index contributed by atoms with van der Waals surface area (Å²) in [6.07, 6.45) is 0. The Bertz CT molecular complexity index is 1120. The van der Waals surface area contributed by atoms with Gasteiger partial charge in [0.25, 0.3) is 5.91 Å². The zero-order valence-electron chi connectivity index (χ0n) is 17.7. The maximum atomic E-state index is 12.9. The van der Waals surface area contributed by atoms with Gasteiger partial charge in [-0.25, -0.2) is 0 Å². The van der Waals surface area contributed by atoms with Gasteiger partial charge in [0, 0.05) is 27.4 Å². The molecule has 1 aromatic heterocycles. The zero-order valence-corrected chi connectivity index (χ0v) is 21.5. The summed E-state index contributed by atoms with van der Waals surface area (Å²) in [5, 5.41) is 14.6. The first-order valence-corrected chi connectivity index (χ1v) is 12.5. The fourth-order valence-electron chi connectivity index (χ4n) is 3.14. The molecule has 1 atom stereocenters. The second kappa shape index (κ2) is 11.1. The van der Waals surface area contributed by atoms with Crippen LogP contribution >= 0.6 is 58.2 Å². The molecule has 0 saturated heterocycles. The van der Waals surface area contributed by atoms with Gasteiger partial charge in [0.15, 0.2) is 11.0 Å². The molecule has 0 bridgehead atoms. The molecule has 1 amide bonds. The number of thioether (sulfide) groups is 1. The SMILES string of the molecule is CCn1c(SCc2ccc(Cl)cc2Cl)nnc1[C@@H](NC(=O)c1ccc(Cl)cc1Cl)C(C)C. The molecule has 1 heterocycles. The van der Waals surface area contributed by atoms with Crippen molar-refractivity contribution in [1.82, 2.24) is 20.1 Å². The number of carbonyl (C=O) groups is 1. The smallest absolute Gasteiger partial charge is 0.253 e. The Hall–Kier alpha value is -1.44. The van der Waals surface area contributed by atoms with Crippen molar-refractivity contribution in [3.05, 3.63) is 73.4 Å². The van der Waals surface area contributed by atoms with Gasteiger partial charge in [-0.2, -0.15) is 0 Å². The van der Waals surface area contributed by atoms with Gasteiger partial charge < -0.3 is 9.88 Å². The maximum Gasteiger partial charge on any atom is 0.253 e. The lowest BCUT2D eigenvalue weighted by Gasteiger charge is -2.23. The molecule has 32 heavy (non-hydrogen) atoms. The molecule has 0 aliphatic carbocycles. The van der Waals surface area contributed by atoms with E-state index in [2.05, 4.69) is 15.5 Å². The molecule has 170 valence electrons. The third kappa shape index (κ3) is 5.91. The quantitative estimate of drug-likeness (QED) is 0.309. The van der Waals surface area contributed by atoms with Crippen LogP contribution < -0.4 is 5.32 Å². The van der Waals surface area contributed by atoms with E-state index in [1.807, 2.05) is 37.5 Å². The van der Waals surface area contributed by atoms with Crippen molar-refractivity contribution in [1.29, 1.82) is 0 Å². The minimum atomic E-state index is -0.352. The Labute approximate surface area is 211 Å². The van der Waals surface area contributed by atoms with E-state index in [1.165, 1.54) is 11.8 Å². The number of rotatable bonds is 8. The summed E-state index contributed by atoms with van der Waals surface area (Å²) < 4.78 is 2.00. The van der Waals surface area contributed by atoms with E-state index >= 15 is 0 Å². The summed E-state index contributed by atoms with van der Waals surface area (Å²) in [6.45, 7) is 6.70. The first kappa shape index (κ1) is 25.2. The highest BCUT2D eigenvalue weighted by Crippen LogP contribution is 2.31. The average molecular weight is 532 g/mol. The standard InChI is InChI=1S/C22H22Cl4N4OS/c1-4-30-20(28-29-22(30)32-11-13-5-6-14(23)9-17(13)25)19(12(2)3)27-21(31)16-8-7-15(24)10-18(16)26/h5-10,12,19H,4,11H2,1-3H3,(H,27,31)/t19-/m0/s1. The summed E-state index contributed by atoms with van der Waals surface area (Å²) in [7, 11) is 0. The van der Waals surface area contributed by atoms with Gasteiger partial charge in [-0.1, -0.05) is 78.1 Å². The lowest BCUT2D eigenvalue weighted by molar-refractivity contribution is 0.0922. The van der Waals surface area contributed by atoms with Crippen LogP contribution in [0, 0.1) is 5.92 Å². The van der Waals surface area contributed by atoms with Crippen LogP contribution in [0.1, 0.15) is 48.6 Å². The molecular formula is C22H22Cl4N4OS. The van der Waals surface area contributed by atoms with E-state index in [9.17, 15) is 4.79 Å². The molecule has 0 saturated carbocycles. The monoisotopic (exact) mass is 530 g/mol. The van der Waals surface area contributed by atoms with Crippen molar-refractivity contribution in [2.75, 3.05) is 0 Å². The van der Waals surface area contributed by atoms with E-state index < -0.39 is 0 Å². The van der Waals surface area contributed by atoms with Crippen LogP contribution in [0.3, 0.4) is 0 Å². The minimum absolute atomic E-state index is 0.0723. The molecule has 0 spiro atoms. The fourth-order valence-corrected chi connectivity index (χ4v) is 5.20. The molecule has 3 rings (SSSR count). The largest absolute Gasteiger partial charge is 0.342 e. The van der Waals surface area contributed by atoms with E-state index in [0.717, 1.165) is 10.7 Å². The van der Waals surface area contributed by atoms with Crippen LogP contribution in [0.2, 0.25) is 20.1 Å². The predicted octanol–water partition coefficient (Wildman–Crippen LogP) is 7.33. The average Bonchev–Trinajstić information content (AvgIpc) is 3.13. The molecule has 0 unspecified atom stereocenters. The van der Waals surface area contributed by atoms with Crippen molar-refractivity contribution in [3.63, 3.8) is 0 Å². The molecule has 3 aromatic rings. The number of aromatic nitrogens is 3. The van der Waals surface area contributed by atoms with E-state index in [4.69, 9.17) is 46.4 Å². The third-order valence-corrected chi connectivity index (χ3v) is 6.99. The Morgan fingerprint density at radius 2 is 1.69 bits per heavy atom. The van der Waals surface area contributed by atoms with Gasteiger partial charge in [-0.05, 0) is 48.7 Å². The Morgan fingerprint density at radius 1 is 1.03 bits per heavy atom. The molecule has 1 N–H and O–H groups in total. The molecule has 0 aliphatic rings. The predicted molar refractivity (Wildman–Crippen MR) is 133 cm³/mol. The topological polar surface area (TPSA) is 59.8 Å². The number of benzene rings is 2. The number of amides is 1. The highest BCUT2D eigenvalue weighted by molar-refractivity contribution is 7.98. The van der Waals surface area contributed by atoms with Crippen LogP contribution in [0.25, 0.3) is 0 Å². The minimum Gasteiger partial charge on any atom is -0.342 e. The van der Waals surface area contributed by atoms with Crippen molar-refractivity contribution in [3.8, 4) is 0 Å². The Balaban J connectivity index is 1.82. The van der Waals surface area contributed by atoms with Crippen molar-refractivity contribution < 1.29 is 4.79 Å². The molecule has 0 radical (unpaired) electrons. The lowest BCUT2D eigenvalue weighted by atomic mass is 10.0. The summed E-state index contributed by atoms with van der Waals surface area (Å²) in [5.41, 5.74) is 1.32. The first-order valence-electron chi connectivity index (χ1n) is 9.97. The van der Waals surface area contributed by atoms with E-state index in [0.29, 0.717) is 43.8 Å². The van der Waals surface area contributed by atoms with Crippen molar-refractivity contribution in [2.24, 2.45) is 5.92 Å². The second-order valence-electron chi connectivity index (χ2n) is 7.43. The van der Waals surface area contributed by atoms with E-state index in [-0.39, 0.29) is 17.9 Å². The maximum absolute atomic E-state index is 12.9. The molecule has 0 fully saturated rings. The molecule has 10 heteroatoms. The van der Waals surface area contributed by atoms with Gasteiger partial charge in [-0.3, -0.25) is 4.79 Å². The highest BCUT2D eigenvalue weighted by Gasteiger charge is 2.26. The summed E-state index contributed by atoms with van der Waals surface area (Å²) in [4.78, 5) is 12.9. The van der Waals surface area contributed by atoms with Gasteiger partial charge in [0.1, 0.15) is 0 Å². The van der Waals surface area contributed by atoms with Crippen LogP contribution in [-0.2, 0) is 12.3 Å².